The number of carboxylic acid groups (broad SMARTS) is 1. The molecule has 1 atom stereocenters. The summed E-state index contributed by atoms with van der Waals surface area (Å²) in [6.07, 6.45) is 0.226. The number of rotatable bonds is 3. The number of halogens is 1. The number of aliphatic hydroxyl groups excluding tert-OH is 1. The summed E-state index contributed by atoms with van der Waals surface area (Å²) in [5, 5.41) is 18.0. The Balaban J connectivity index is 2.64. The largest absolute Gasteiger partial charge is 0.481 e. The summed E-state index contributed by atoms with van der Waals surface area (Å²) < 4.78 is 0.780. The molecule has 0 bridgehead atoms. The van der Waals surface area contributed by atoms with Crippen LogP contribution in [0.5, 0.6) is 0 Å². The minimum atomic E-state index is -1.03. The van der Waals surface area contributed by atoms with Crippen LogP contribution in [-0.2, 0) is 4.79 Å². The van der Waals surface area contributed by atoms with E-state index in [2.05, 4.69) is 20.9 Å². The topological polar surface area (TPSA) is 70.4 Å². The van der Waals surface area contributed by atoms with Crippen molar-refractivity contribution in [3.05, 3.63) is 15.0 Å². The molecule has 1 rings (SSSR count). The van der Waals surface area contributed by atoms with Crippen molar-refractivity contribution in [1.29, 1.82) is 0 Å². The van der Waals surface area contributed by atoms with Crippen molar-refractivity contribution in [2.24, 2.45) is 0 Å². The maximum absolute atomic E-state index is 10.2. The predicted molar refractivity (Wildman–Crippen MR) is 47.0 cm³/mol. The molecule has 0 fully saturated rings. The molecule has 0 amide bonds. The van der Waals surface area contributed by atoms with E-state index in [1.807, 2.05) is 0 Å². The summed E-state index contributed by atoms with van der Waals surface area (Å²) >= 11 is 4.39. The van der Waals surface area contributed by atoms with Crippen LogP contribution in [0.3, 0.4) is 0 Å². The summed E-state index contributed by atoms with van der Waals surface area (Å²) in [5.41, 5.74) is 0. The van der Waals surface area contributed by atoms with Crippen LogP contribution in [0.4, 0.5) is 0 Å². The fraction of sp³-hybridized carbons (Fsp3) is 0.333. The molecule has 0 spiro atoms. The third-order valence-electron chi connectivity index (χ3n) is 1.15. The fourth-order valence-electron chi connectivity index (χ4n) is 0.674. The highest BCUT2D eigenvalue weighted by atomic mass is 79.9. The molecule has 0 saturated heterocycles. The highest BCUT2D eigenvalue weighted by Gasteiger charge is 2.15. The van der Waals surface area contributed by atoms with E-state index in [0.717, 1.165) is 3.79 Å². The van der Waals surface area contributed by atoms with E-state index in [1.165, 1.54) is 17.5 Å². The summed E-state index contributed by atoms with van der Waals surface area (Å²) in [7, 11) is 0. The maximum Gasteiger partial charge on any atom is 0.306 e. The number of hydrogen-bond acceptors (Lipinski definition) is 4. The van der Waals surface area contributed by atoms with Gasteiger partial charge in [0.15, 0.2) is 0 Å². The third kappa shape index (κ3) is 2.54. The molecule has 2 N–H and O–H groups in total. The first kappa shape index (κ1) is 9.63. The number of aliphatic carboxylic acids is 1. The van der Waals surface area contributed by atoms with Gasteiger partial charge < -0.3 is 10.2 Å². The van der Waals surface area contributed by atoms with E-state index in [0.29, 0.717) is 5.01 Å². The van der Waals surface area contributed by atoms with E-state index in [-0.39, 0.29) is 6.42 Å². The van der Waals surface area contributed by atoms with Crippen molar-refractivity contribution in [2.45, 2.75) is 12.5 Å². The van der Waals surface area contributed by atoms with Crippen molar-refractivity contribution in [1.82, 2.24) is 4.98 Å². The molecule has 0 radical (unpaired) electrons. The van der Waals surface area contributed by atoms with Gasteiger partial charge in [0.05, 0.1) is 16.4 Å². The first-order valence-corrected chi connectivity index (χ1v) is 4.71. The van der Waals surface area contributed by atoms with Crippen molar-refractivity contribution in [2.75, 3.05) is 0 Å². The highest BCUT2D eigenvalue weighted by molar-refractivity contribution is 9.11. The second-order valence-electron chi connectivity index (χ2n) is 2.12. The standard InChI is InChI=1S/C6H6BrNO3S/c7-4-2-8-6(12-4)3(9)1-5(10)11/h2-3,9H,1H2,(H,10,11). The van der Waals surface area contributed by atoms with Gasteiger partial charge in [-0.2, -0.15) is 0 Å². The zero-order valence-electron chi connectivity index (χ0n) is 5.90. The SMILES string of the molecule is O=C(O)CC(O)c1ncc(Br)s1. The number of aliphatic hydroxyl groups is 1. The van der Waals surface area contributed by atoms with E-state index >= 15 is 0 Å². The first-order valence-electron chi connectivity index (χ1n) is 3.10. The minimum absolute atomic E-state index is 0.306. The Morgan fingerprint density at radius 2 is 2.50 bits per heavy atom. The molecule has 12 heavy (non-hydrogen) atoms. The number of carboxylic acids is 1. The van der Waals surface area contributed by atoms with Gasteiger partial charge in [0.2, 0.25) is 0 Å². The molecule has 1 aromatic heterocycles. The van der Waals surface area contributed by atoms with Gasteiger partial charge in [-0.1, -0.05) is 0 Å². The molecular formula is C6H6BrNO3S. The molecule has 0 aliphatic carbocycles. The van der Waals surface area contributed by atoms with Gasteiger partial charge in [-0.05, 0) is 15.9 Å². The predicted octanol–water partition coefficient (Wildman–Crippen LogP) is 1.41. The van der Waals surface area contributed by atoms with Crippen molar-refractivity contribution in [3.63, 3.8) is 0 Å². The molecule has 6 heteroatoms. The zero-order chi connectivity index (χ0) is 9.14. The summed E-state index contributed by atoms with van der Waals surface area (Å²) in [4.78, 5) is 14.0. The molecule has 0 aromatic carbocycles. The Kier molecular flexibility index (Phi) is 3.19. The van der Waals surface area contributed by atoms with Crippen LogP contribution in [0.1, 0.15) is 17.5 Å². The van der Waals surface area contributed by atoms with E-state index < -0.39 is 12.1 Å². The van der Waals surface area contributed by atoms with Crippen LogP contribution >= 0.6 is 27.3 Å². The lowest BCUT2D eigenvalue weighted by Crippen LogP contribution is -2.04. The Hall–Kier alpha value is -0.460. The maximum atomic E-state index is 10.2. The van der Waals surface area contributed by atoms with Gasteiger partial charge in [0.25, 0.3) is 0 Å². The minimum Gasteiger partial charge on any atom is -0.481 e. The Morgan fingerprint density at radius 3 is 2.92 bits per heavy atom. The van der Waals surface area contributed by atoms with Gasteiger partial charge in [0.1, 0.15) is 11.1 Å². The summed E-state index contributed by atoms with van der Waals surface area (Å²) in [5.74, 6) is -1.03. The average molecular weight is 252 g/mol. The lowest BCUT2D eigenvalue weighted by molar-refractivity contribution is -0.139. The van der Waals surface area contributed by atoms with Crippen LogP contribution in [0.15, 0.2) is 9.98 Å². The number of hydrogen-bond donors (Lipinski definition) is 2. The van der Waals surface area contributed by atoms with Crippen LogP contribution < -0.4 is 0 Å². The highest BCUT2D eigenvalue weighted by Crippen LogP contribution is 2.25. The Labute approximate surface area is 81.0 Å². The Morgan fingerprint density at radius 1 is 1.83 bits per heavy atom. The van der Waals surface area contributed by atoms with Crippen molar-refractivity contribution >= 4 is 33.2 Å². The number of thiazole rings is 1. The van der Waals surface area contributed by atoms with Gasteiger partial charge >= 0.3 is 5.97 Å². The van der Waals surface area contributed by atoms with Crippen LogP contribution in [0, 0.1) is 0 Å². The molecule has 1 heterocycles. The van der Waals surface area contributed by atoms with E-state index in [9.17, 15) is 9.90 Å². The summed E-state index contributed by atoms with van der Waals surface area (Å²) in [6.45, 7) is 0. The lowest BCUT2D eigenvalue weighted by atomic mass is 10.3. The first-order chi connectivity index (χ1) is 5.59. The fourth-order valence-corrected chi connectivity index (χ4v) is 1.90. The van der Waals surface area contributed by atoms with Crippen molar-refractivity contribution in [3.8, 4) is 0 Å². The molecule has 1 unspecified atom stereocenters. The van der Waals surface area contributed by atoms with Crippen molar-refractivity contribution < 1.29 is 15.0 Å². The van der Waals surface area contributed by atoms with E-state index in [4.69, 9.17) is 5.11 Å². The molecule has 1 aromatic rings. The normalized spacial score (nSPS) is 12.8. The smallest absolute Gasteiger partial charge is 0.306 e. The van der Waals surface area contributed by atoms with Crippen LogP contribution in [-0.4, -0.2) is 21.2 Å². The van der Waals surface area contributed by atoms with Gasteiger partial charge in [-0.25, -0.2) is 4.98 Å². The van der Waals surface area contributed by atoms with Crippen LogP contribution in [0.2, 0.25) is 0 Å². The monoisotopic (exact) mass is 251 g/mol. The molecule has 66 valence electrons. The van der Waals surface area contributed by atoms with E-state index in [1.54, 1.807) is 0 Å². The van der Waals surface area contributed by atoms with Gasteiger partial charge in [-0.15, -0.1) is 11.3 Å². The number of carbonyl (C=O) groups is 1. The lowest BCUT2D eigenvalue weighted by Gasteiger charge is -2.01. The molecule has 0 aliphatic rings. The summed E-state index contributed by atoms with van der Waals surface area (Å²) in [6, 6.07) is 0. The van der Waals surface area contributed by atoms with Crippen LogP contribution in [0.25, 0.3) is 0 Å². The molecule has 4 nitrogen and oxygen atoms in total. The molecule has 0 aliphatic heterocycles. The number of aromatic nitrogens is 1. The second kappa shape index (κ2) is 3.97. The van der Waals surface area contributed by atoms with Gasteiger partial charge in [0, 0.05) is 0 Å². The number of nitrogens with zero attached hydrogens (tertiary/aromatic N) is 1. The Bertz CT molecular complexity index is 288. The zero-order valence-corrected chi connectivity index (χ0v) is 8.30. The van der Waals surface area contributed by atoms with Gasteiger partial charge in [-0.3, -0.25) is 4.79 Å². The quantitative estimate of drug-likeness (QED) is 0.853. The molecule has 0 saturated carbocycles. The molecular weight excluding hydrogens is 246 g/mol. The second-order valence-corrected chi connectivity index (χ2v) is 4.56. The third-order valence-corrected chi connectivity index (χ3v) is 2.73. The average Bonchev–Trinajstić information content (AvgIpc) is 2.34.